The van der Waals surface area contributed by atoms with Crippen LogP contribution in [0.15, 0.2) is 24.3 Å². The zero-order chi connectivity index (χ0) is 15.2. The number of carbonyl (C=O) groups excluding carboxylic acids is 1. The monoisotopic (exact) mass is 275 g/mol. The van der Waals surface area contributed by atoms with E-state index in [0.717, 1.165) is 0 Å². The van der Waals surface area contributed by atoms with Crippen molar-refractivity contribution in [3.05, 3.63) is 29.8 Å². The van der Waals surface area contributed by atoms with Gasteiger partial charge in [0.1, 0.15) is 0 Å². The van der Waals surface area contributed by atoms with Crippen LogP contribution in [0.3, 0.4) is 0 Å². The molecule has 6 nitrogen and oxygen atoms in total. The number of carbonyl (C=O) groups is 2. The fourth-order valence-electron chi connectivity index (χ4n) is 1.62. The number of carboxylic acids is 1. The van der Waals surface area contributed by atoms with E-state index in [2.05, 4.69) is 10.6 Å². The Bertz CT molecular complexity index is 547. The highest BCUT2D eigenvalue weighted by Crippen LogP contribution is 2.13. The van der Waals surface area contributed by atoms with Crippen molar-refractivity contribution in [2.24, 2.45) is 0 Å². The predicted octanol–water partition coefficient (Wildman–Crippen LogP) is 2.32. The summed E-state index contributed by atoms with van der Waals surface area (Å²) in [4.78, 5) is 22.4. The second-order valence-corrected chi connectivity index (χ2v) is 5.05. The van der Waals surface area contributed by atoms with Gasteiger partial charge in [-0.2, -0.15) is 5.26 Å². The van der Waals surface area contributed by atoms with Crippen LogP contribution in [0.2, 0.25) is 0 Å². The van der Waals surface area contributed by atoms with Crippen LogP contribution in [0.25, 0.3) is 0 Å². The number of hydrogen-bond acceptors (Lipinski definition) is 3. The number of amides is 2. The third-order valence-corrected chi connectivity index (χ3v) is 2.67. The van der Waals surface area contributed by atoms with Crippen molar-refractivity contribution in [3.63, 3.8) is 0 Å². The van der Waals surface area contributed by atoms with Crippen LogP contribution in [0.5, 0.6) is 0 Å². The Morgan fingerprint density at radius 3 is 2.70 bits per heavy atom. The molecule has 0 radical (unpaired) electrons. The van der Waals surface area contributed by atoms with E-state index in [1.807, 2.05) is 6.07 Å². The van der Waals surface area contributed by atoms with Crippen LogP contribution in [-0.4, -0.2) is 22.6 Å². The molecule has 0 atom stereocenters. The molecule has 0 unspecified atom stereocenters. The summed E-state index contributed by atoms with van der Waals surface area (Å²) in [5.41, 5.74) is 0.332. The Labute approximate surface area is 117 Å². The van der Waals surface area contributed by atoms with E-state index < -0.39 is 17.5 Å². The molecule has 0 saturated carbocycles. The molecule has 0 bridgehead atoms. The number of rotatable bonds is 5. The number of anilines is 1. The van der Waals surface area contributed by atoms with Crippen LogP contribution in [0, 0.1) is 11.3 Å². The topological polar surface area (TPSA) is 102 Å². The molecule has 6 heteroatoms. The molecule has 0 fully saturated rings. The summed E-state index contributed by atoms with van der Waals surface area (Å²) in [6, 6.07) is 8.09. The molecule has 0 aliphatic carbocycles. The molecule has 0 spiro atoms. The Hall–Kier alpha value is -2.55. The van der Waals surface area contributed by atoms with Gasteiger partial charge < -0.3 is 15.7 Å². The molecule has 0 aromatic heterocycles. The molecule has 0 aliphatic heterocycles. The fraction of sp³-hybridized carbons (Fsp3) is 0.357. The number of carboxylic acid groups (broad SMARTS) is 1. The predicted molar refractivity (Wildman–Crippen MR) is 74.3 cm³/mol. The average Bonchev–Trinajstić information content (AvgIpc) is 2.36. The van der Waals surface area contributed by atoms with Gasteiger partial charge >= 0.3 is 12.0 Å². The lowest BCUT2D eigenvalue weighted by Gasteiger charge is -2.25. The van der Waals surface area contributed by atoms with Gasteiger partial charge in [-0.3, -0.25) is 4.79 Å². The highest BCUT2D eigenvalue weighted by Gasteiger charge is 2.21. The van der Waals surface area contributed by atoms with E-state index in [0.29, 0.717) is 17.7 Å². The van der Waals surface area contributed by atoms with Crippen LogP contribution in [0.4, 0.5) is 10.5 Å². The van der Waals surface area contributed by atoms with E-state index in [9.17, 15) is 9.59 Å². The van der Waals surface area contributed by atoms with Crippen LogP contribution in [-0.2, 0) is 4.79 Å². The van der Waals surface area contributed by atoms with Crippen LogP contribution >= 0.6 is 0 Å². The number of nitrogens with zero attached hydrogens (tertiary/aromatic N) is 1. The summed E-state index contributed by atoms with van der Waals surface area (Å²) in [6.07, 6.45) is 0.311. The standard InChI is InChI=1S/C14H17N3O3/c1-14(2,7-6-12(18)19)17-13(20)16-11-5-3-4-10(8-11)9-15/h3-5,8H,6-7H2,1-2H3,(H,18,19)(H2,16,17,20). The molecule has 1 rings (SSSR count). The summed E-state index contributed by atoms with van der Waals surface area (Å²) < 4.78 is 0. The zero-order valence-electron chi connectivity index (χ0n) is 11.4. The van der Waals surface area contributed by atoms with Gasteiger partial charge in [-0.25, -0.2) is 4.79 Å². The van der Waals surface area contributed by atoms with E-state index >= 15 is 0 Å². The second kappa shape index (κ2) is 6.57. The first-order chi connectivity index (χ1) is 9.32. The van der Waals surface area contributed by atoms with Gasteiger partial charge in [-0.05, 0) is 38.5 Å². The smallest absolute Gasteiger partial charge is 0.319 e. The minimum Gasteiger partial charge on any atom is -0.481 e. The molecule has 3 N–H and O–H groups in total. The lowest BCUT2D eigenvalue weighted by molar-refractivity contribution is -0.137. The molecule has 2 amide bonds. The number of urea groups is 1. The first-order valence-electron chi connectivity index (χ1n) is 6.13. The lowest BCUT2D eigenvalue weighted by Crippen LogP contribution is -2.45. The molecule has 20 heavy (non-hydrogen) atoms. The van der Waals surface area contributed by atoms with Gasteiger partial charge in [0.2, 0.25) is 0 Å². The molecular formula is C14H17N3O3. The first kappa shape index (κ1) is 15.5. The van der Waals surface area contributed by atoms with Crippen molar-refractivity contribution >= 4 is 17.7 Å². The van der Waals surface area contributed by atoms with Crippen LogP contribution < -0.4 is 10.6 Å². The van der Waals surface area contributed by atoms with Gasteiger partial charge in [0.05, 0.1) is 11.6 Å². The third kappa shape index (κ3) is 5.40. The van der Waals surface area contributed by atoms with Crippen molar-refractivity contribution in [1.29, 1.82) is 5.26 Å². The van der Waals surface area contributed by atoms with Gasteiger partial charge in [-0.1, -0.05) is 6.07 Å². The molecule has 106 valence electrons. The summed E-state index contributed by atoms with van der Waals surface area (Å²) in [6.45, 7) is 3.50. The SMILES string of the molecule is CC(C)(CCC(=O)O)NC(=O)Nc1cccc(C#N)c1. The molecule has 0 saturated heterocycles. The second-order valence-electron chi connectivity index (χ2n) is 5.05. The summed E-state index contributed by atoms with van der Waals surface area (Å²) in [5, 5.41) is 22.7. The quantitative estimate of drug-likeness (QED) is 0.767. The van der Waals surface area contributed by atoms with E-state index in [4.69, 9.17) is 10.4 Å². The highest BCUT2D eigenvalue weighted by atomic mass is 16.4. The van der Waals surface area contributed by atoms with Crippen molar-refractivity contribution < 1.29 is 14.7 Å². The maximum Gasteiger partial charge on any atom is 0.319 e. The van der Waals surface area contributed by atoms with Gasteiger partial charge in [0.25, 0.3) is 0 Å². The molecule has 1 aromatic rings. The summed E-state index contributed by atoms with van der Waals surface area (Å²) in [7, 11) is 0. The average molecular weight is 275 g/mol. The number of nitriles is 1. The number of hydrogen-bond donors (Lipinski definition) is 3. The number of benzene rings is 1. The zero-order valence-corrected chi connectivity index (χ0v) is 11.4. The van der Waals surface area contributed by atoms with Crippen LogP contribution in [0.1, 0.15) is 32.3 Å². The van der Waals surface area contributed by atoms with Gasteiger partial charge in [0, 0.05) is 17.6 Å². The van der Waals surface area contributed by atoms with E-state index in [1.165, 1.54) is 0 Å². The third-order valence-electron chi connectivity index (χ3n) is 2.67. The minimum absolute atomic E-state index is 0.0167. The minimum atomic E-state index is -0.901. The number of aliphatic carboxylic acids is 1. The number of nitrogens with one attached hydrogen (secondary N) is 2. The Morgan fingerprint density at radius 2 is 2.10 bits per heavy atom. The summed E-state index contributed by atoms with van der Waals surface area (Å²) >= 11 is 0. The summed E-state index contributed by atoms with van der Waals surface area (Å²) in [5.74, 6) is -0.901. The Kier molecular flexibility index (Phi) is 5.09. The normalized spacial score (nSPS) is 10.4. The van der Waals surface area contributed by atoms with E-state index in [1.54, 1.807) is 38.1 Å². The largest absolute Gasteiger partial charge is 0.481 e. The van der Waals surface area contributed by atoms with Gasteiger partial charge in [0.15, 0.2) is 0 Å². The first-order valence-corrected chi connectivity index (χ1v) is 6.13. The highest BCUT2D eigenvalue weighted by molar-refractivity contribution is 5.89. The Balaban J connectivity index is 2.58. The molecule has 1 aromatic carbocycles. The maximum atomic E-state index is 11.8. The van der Waals surface area contributed by atoms with Crippen molar-refractivity contribution in [2.75, 3.05) is 5.32 Å². The fourth-order valence-corrected chi connectivity index (χ4v) is 1.62. The Morgan fingerprint density at radius 1 is 1.40 bits per heavy atom. The van der Waals surface area contributed by atoms with Crippen molar-refractivity contribution in [2.45, 2.75) is 32.2 Å². The maximum absolute atomic E-state index is 11.8. The molecule has 0 aliphatic rings. The lowest BCUT2D eigenvalue weighted by atomic mass is 9.99. The van der Waals surface area contributed by atoms with Gasteiger partial charge in [-0.15, -0.1) is 0 Å². The van der Waals surface area contributed by atoms with E-state index in [-0.39, 0.29) is 6.42 Å². The van der Waals surface area contributed by atoms with Crippen molar-refractivity contribution in [1.82, 2.24) is 5.32 Å². The van der Waals surface area contributed by atoms with Crippen molar-refractivity contribution in [3.8, 4) is 6.07 Å². The molecule has 0 heterocycles. The molecular weight excluding hydrogens is 258 g/mol.